The fourth-order valence-electron chi connectivity index (χ4n) is 0.560. The number of hydrogen-bond acceptors (Lipinski definition) is 1. The van der Waals surface area contributed by atoms with Gasteiger partial charge in [0.25, 0.3) is 0 Å². The van der Waals surface area contributed by atoms with Gasteiger partial charge < -0.3 is 0 Å². The Morgan fingerprint density at radius 3 is 2.12 bits per heavy atom. The Morgan fingerprint density at radius 1 is 1.00 bits per heavy atom. The fraction of sp³-hybridized carbons (Fsp3) is 1.00. The van der Waals surface area contributed by atoms with E-state index in [9.17, 15) is 0 Å². The molecule has 0 aliphatic carbocycles. The minimum Gasteiger partial charge on any atom is -0.179 e. The van der Waals surface area contributed by atoms with E-state index >= 15 is 0 Å². The maximum absolute atomic E-state index is 5.46. The van der Waals surface area contributed by atoms with Gasteiger partial charge >= 0.3 is 0 Å². The van der Waals surface area contributed by atoms with Crippen molar-refractivity contribution >= 4 is 24.2 Å². The van der Waals surface area contributed by atoms with E-state index in [-0.39, 0.29) is 0 Å². The number of unbranched alkanes of at least 4 members (excludes halogenated alkanes) is 3. The van der Waals surface area contributed by atoms with Gasteiger partial charge in [-0.05, 0) is 18.6 Å². The smallest absolute Gasteiger partial charge is 0.0223 e. The van der Waals surface area contributed by atoms with Crippen molar-refractivity contribution in [3.8, 4) is 0 Å². The first-order valence-corrected chi connectivity index (χ1v) is 4.25. The third-order valence-corrected chi connectivity index (χ3v) is 1.63. The van der Waals surface area contributed by atoms with Crippen molar-refractivity contribution in [1.82, 2.24) is 0 Å². The Morgan fingerprint density at radius 2 is 1.62 bits per heavy atom. The lowest BCUT2D eigenvalue weighted by atomic mass is 10.2. The number of hydrogen-bond donors (Lipinski definition) is 1. The highest BCUT2D eigenvalue weighted by molar-refractivity contribution is 7.80. The molecule has 0 saturated heterocycles. The molecule has 0 spiro atoms. The second kappa shape index (κ2) is 7.64. The van der Waals surface area contributed by atoms with Gasteiger partial charge in [0, 0.05) is 5.88 Å². The lowest BCUT2D eigenvalue weighted by molar-refractivity contribution is 0.710. The molecule has 0 aromatic rings. The molecule has 0 aliphatic rings. The summed E-state index contributed by atoms with van der Waals surface area (Å²) in [7, 11) is 0. The molecule has 0 heterocycles. The number of halogens is 1. The van der Waals surface area contributed by atoms with Crippen LogP contribution in [0.25, 0.3) is 0 Å². The number of rotatable bonds is 5. The number of thiol groups is 1. The third kappa shape index (κ3) is 6.64. The van der Waals surface area contributed by atoms with Crippen molar-refractivity contribution in [2.75, 3.05) is 11.6 Å². The summed E-state index contributed by atoms with van der Waals surface area (Å²) in [5, 5.41) is 0. The van der Waals surface area contributed by atoms with E-state index in [0.29, 0.717) is 0 Å². The molecular formula is C6H13ClS. The van der Waals surface area contributed by atoms with Crippen LogP contribution in [0, 0.1) is 0 Å². The predicted molar refractivity (Wildman–Crippen MR) is 43.0 cm³/mol. The minimum absolute atomic E-state index is 0.812. The van der Waals surface area contributed by atoms with Crippen molar-refractivity contribution in [2.45, 2.75) is 25.7 Å². The van der Waals surface area contributed by atoms with Crippen LogP contribution in [-0.2, 0) is 0 Å². The van der Waals surface area contributed by atoms with Gasteiger partial charge in [-0.15, -0.1) is 11.6 Å². The van der Waals surface area contributed by atoms with Crippen molar-refractivity contribution in [2.24, 2.45) is 0 Å². The zero-order valence-electron chi connectivity index (χ0n) is 5.07. The molecule has 0 bridgehead atoms. The molecule has 0 atom stereocenters. The molecule has 0 aliphatic heterocycles. The normalized spacial score (nSPS) is 9.75. The largest absolute Gasteiger partial charge is 0.179 e. The summed E-state index contributed by atoms with van der Waals surface area (Å²) < 4.78 is 0. The lowest BCUT2D eigenvalue weighted by Gasteiger charge is -1.92. The van der Waals surface area contributed by atoms with Crippen LogP contribution in [0.5, 0.6) is 0 Å². The summed E-state index contributed by atoms with van der Waals surface area (Å²) in [5.41, 5.74) is 0. The van der Waals surface area contributed by atoms with E-state index in [1.807, 2.05) is 0 Å². The van der Waals surface area contributed by atoms with E-state index in [1.54, 1.807) is 0 Å². The molecule has 0 amide bonds. The van der Waals surface area contributed by atoms with Gasteiger partial charge in [0.1, 0.15) is 0 Å². The SMILES string of the molecule is SCCCCCCCl. The molecule has 0 unspecified atom stereocenters. The van der Waals surface area contributed by atoms with Crippen LogP contribution in [0.3, 0.4) is 0 Å². The second-order valence-corrected chi connectivity index (χ2v) is 2.65. The average Bonchev–Trinajstić information content (AvgIpc) is 1.81. The first-order valence-electron chi connectivity index (χ1n) is 3.08. The maximum atomic E-state index is 5.46. The zero-order chi connectivity index (χ0) is 6.24. The topological polar surface area (TPSA) is 0 Å². The Balaban J connectivity index is 2.53. The van der Waals surface area contributed by atoms with Crippen LogP contribution in [0.15, 0.2) is 0 Å². The molecule has 0 aromatic carbocycles. The highest BCUT2D eigenvalue weighted by Crippen LogP contribution is 2.00. The molecule has 0 rings (SSSR count). The molecule has 0 aromatic heterocycles. The monoisotopic (exact) mass is 152 g/mol. The fourth-order valence-corrected chi connectivity index (χ4v) is 0.972. The second-order valence-electron chi connectivity index (χ2n) is 1.83. The van der Waals surface area contributed by atoms with Crippen molar-refractivity contribution < 1.29 is 0 Å². The van der Waals surface area contributed by atoms with Crippen molar-refractivity contribution in [3.63, 3.8) is 0 Å². The van der Waals surface area contributed by atoms with E-state index in [1.165, 1.54) is 19.3 Å². The van der Waals surface area contributed by atoms with Gasteiger partial charge in [-0.3, -0.25) is 0 Å². The van der Waals surface area contributed by atoms with Gasteiger partial charge in [-0.25, -0.2) is 0 Å². The molecule has 0 fully saturated rings. The summed E-state index contributed by atoms with van der Waals surface area (Å²) in [6.07, 6.45) is 4.95. The number of alkyl halides is 1. The Labute approximate surface area is 62.0 Å². The van der Waals surface area contributed by atoms with Crippen LogP contribution in [0.4, 0.5) is 0 Å². The first-order chi connectivity index (χ1) is 3.91. The van der Waals surface area contributed by atoms with E-state index in [0.717, 1.165) is 18.1 Å². The van der Waals surface area contributed by atoms with Gasteiger partial charge in [0.15, 0.2) is 0 Å². The van der Waals surface area contributed by atoms with Gasteiger partial charge in [-0.2, -0.15) is 12.6 Å². The summed E-state index contributed by atoms with van der Waals surface area (Å²) >= 11 is 9.55. The van der Waals surface area contributed by atoms with Crippen molar-refractivity contribution in [1.29, 1.82) is 0 Å². The van der Waals surface area contributed by atoms with Crippen LogP contribution >= 0.6 is 24.2 Å². The van der Waals surface area contributed by atoms with E-state index in [4.69, 9.17) is 11.6 Å². The van der Waals surface area contributed by atoms with E-state index < -0.39 is 0 Å². The quantitative estimate of drug-likeness (QED) is 0.350. The van der Waals surface area contributed by atoms with E-state index in [2.05, 4.69) is 12.6 Å². The summed E-state index contributed by atoms with van der Waals surface area (Å²) in [6, 6.07) is 0. The van der Waals surface area contributed by atoms with Crippen LogP contribution in [0.1, 0.15) is 25.7 Å². The third-order valence-electron chi connectivity index (χ3n) is 1.04. The standard InChI is InChI=1S/C6H13ClS/c7-5-3-1-2-4-6-8/h8H,1-6H2. The minimum atomic E-state index is 0.812. The zero-order valence-corrected chi connectivity index (χ0v) is 6.72. The molecular weight excluding hydrogens is 140 g/mol. The summed E-state index contributed by atoms with van der Waals surface area (Å²) in [6.45, 7) is 0. The lowest BCUT2D eigenvalue weighted by Crippen LogP contribution is -1.78. The maximum Gasteiger partial charge on any atom is 0.0223 e. The molecule has 50 valence electrons. The Hall–Kier alpha value is 0.640. The predicted octanol–water partition coefficient (Wildman–Crippen LogP) is 2.72. The van der Waals surface area contributed by atoms with Crippen LogP contribution < -0.4 is 0 Å². The molecule has 0 N–H and O–H groups in total. The Bertz CT molecular complexity index is 33.5. The molecule has 0 radical (unpaired) electrons. The van der Waals surface area contributed by atoms with Gasteiger partial charge in [0.2, 0.25) is 0 Å². The van der Waals surface area contributed by atoms with Crippen molar-refractivity contribution in [3.05, 3.63) is 0 Å². The average molecular weight is 153 g/mol. The van der Waals surface area contributed by atoms with Gasteiger partial charge in [0.05, 0.1) is 0 Å². The molecule has 8 heavy (non-hydrogen) atoms. The van der Waals surface area contributed by atoms with Crippen LogP contribution in [0.2, 0.25) is 0 Å². The highest BCUT2D eigenvalue weighted by Gasteiger charge is 1.84. The summed E-state index contributed by atoms with van der Waals surface area (Å²) in [4.78, 5) is 0. The Kier molecular flexibility index (Phi) is 8.25. The van der Waals surface area contributed by atoms with Crippen LogP contribution in [-0.4, -0.2) is 11.6 Å². The summed E-state index contributed by atoms with van der Waals surface area (Å²) in [5.74, 6) is 1.83. The van der Waals surface area contributed by atoms with Gasteiger partial charge in [-0.1, -0.05) is 12.8 Å². The molecule has 0 nitrogen and oxygen atoms in total. The first kappa shape index (κ1) is 8.64. The highest BCUT2D eigenvalue weighted by atomic mass is 35.5. The molecule has 2 heteroatoms. The molecule has 0 saturated carbocycles.